The highest BCUT2D eigenvalue weighted by molar-refractivity contribution is 7.89. The average Bonchev–Trinajstić information content (AvgIpc) is 3.59. The molecule has 3 aliphatic heterocycles. The molecule has 6 rings (SSSR count). The van der Waals surface area contributed by atoms with Crippen molar-refractivity contribution in [3.8, 4) is 0 Å². The Morgan fingerprint density at radius 1 is 0.909 bits per heavy atom. The van der Waals surface area contributed by atoms with Crippen molar-refractivity contribution >= 4 is 26.7 Å². The van der Waals surface area contributed by atoms with E-state index in [4.69, 9.17) is 4.74 Å². The number of rotatable bonds is 11. The van der Waals surface area contributed by atoms with Crippen molar-refractivity contribution in [3.63, 3.8) is 0 Å². The Labute approximate surface area is 262 Å². The lowest BCUT2D eigenvalue weighted by molar-refractivity contribution is -0.140. The Hall–Kier alpha value is -2.85. The highest BCUT2D eigenvalue weighted by Crippen LogP contribution is 2.37. The highest BCUT2D eigenvalue weighted by atomic mass is 32.2. The number of carbonyl (C=O) groups is 1. The second-order valence-electron chi connectivity index (χ2n) is 12.7. The number of hydrogen-bond acceptors (Lipinski definition) is 6. The third-order valence-electron chi connectivity index (χ3n) is 9.92. The summed E-state index contributed by atoms with van der Waals surface area (Å²) in [6.45, 7) is 5.78. The maximum atomic E-state index is 13.7. The Morgan fingerprint density at radius 3 is 2.45 bits per heavy atom. The van der Waals surface area contributed by atoms with Gasteiger partial charge in [0.05, 0.1) is 17.1 Å². The van der Waals surface area contributed by atoms with Gasteiger partial charge in [-0.05, 0) is 93.4 Å². The van der Waals surface area contributed by atoms with E-state index in [1.807, 2.05) is 47.5 Å². The number of nitrogens with zero attached hydrogens (tertiary/aromatic N) is 4. The fraction of sp³-hybridized carbons (Fsp3) is 0.543. The average molecular weight is 619 g/mol. The molecule has 0 radical (unpaired) electrons. The van der Waals surface area contributed by atoms with E-state index in [1.54, 1.807) is 22.6 Å². The smallest absolute Gasteiger partial charge is 0.243 e. The van der Waals surface area contributed by atoms with Gasteiger partial charge >= 0.3 is 0 Å². The van der Waals surface area contributed by atoms with Crippen molar-refractivity contribution in [2.75, 3.05) is 45.9 Å². The molecule has 0 bridgehead atoms. The van der Waals surface area contributed by atoms with Gasteiger partial charge in [-0.2, -0.15) is 4.31 Å². The molecular weight excluding hydrogens is 572 g/mol. The SMILES string of the molecule is O=C(CCCC1CCCCN1S(=O)(=O)c1ccc2ccccc2c1)N1CCC(OCCN2CCCC2)(c2cccnc2)CC1. The van der Waals surface area contributed by atoms with Gasteiger partial charge in [0.1, 0.15) is 0 Å². The molecule has 236 valence electrons. The van der Waals surface area contributed by atoms with Crippen molar-refractivity contribution in [3.05, 3.63) is 72.6 Å². The summed E-state index contributed by atoms with van der Waals surface area (Å²) < 4.78 is 35.8. The summed E-state index contributed by atoms with van der Waals surface area (Å²) in [5, 5.41) is 1.96. The number of ether oxygens (including phenoxy) is 1. The third kappa shape index (κ3) is 7.01. The maximum Gasteiger partial charge on any atom is 0.243 e. The molecule has 4 heterocycles. The van der Waals surface area contributed by atoms with Gasteiger partial charge in [-0.3, -0.25) is 9.78 Å². The molecule has 2 aromatic carbocycles. The molecule has 3 aromatic rings. The number of pyridine rings is 1. The lowest BCUT2D eigenvalue weighted by atomic mass is 9.84. The van der Waals surface area contributed by atoms with Crippen molar-refractivity contribution in [2.45, 2.75) is 80.7 Å². The first kappa shape index (κ1) is 31.1. The normalized spacial score (nSPS) is 21.5. The summed E-state index contributed by atoms with van der Waals surface area (Å²) in [6, 6.07) is 17.2. The fourth-order valence-electron chi connectivity index (χ4n) is 7.33. The van der Waals surface area contributed by atoms with Gasteiger partial charge in [-0.1, -0.05) is 42.8 Å². The van der Waals surface area contributed by atoms with Crippen LogP contribution in [-0.2, 0) is 25.2 Å². The molecule has 9 heteroatoms. The molecule has 3 saturated heterocycles. The predicted octanol–water partition coefficient (Wildman–Crippen LogP) is 5.58. The van der Waals surface area contributed by atoms with E-state index in [0.29, 0.717) is 50.4 Å². The minimum Gasteiger partial charge on any atom is -0.369 e. The van der Waals surface area contributed by atoms with Crippen LogP contribution >= 0.6 is 0 Å². The monoisotopic (exact) mass is 618 g/mol. The number of amides is 1. The molecule has 3 fully saturated rings. The molecular formula is C35H46N4O4S. The number of aromatic nitrogens is 1. The van der Waals surface area contributed by atoms with Crippen LogP contribution in [0.5, 0.6) is 0 Å². The highest BCUT2D eigenvalue weighted by Gasteiger charge is 2.39. The van der Waals surface area contributed by atoms with Gasteiger partial charge in [0.25, 0.3) is 0 Å². The van der Waals surface area contributed by atoms with Crippen molar-refractivity contribution in [1.82, 2.24) is 19.1 Å². The van der Waals surface area contributed by atoms with Crippen molar-refractivity contribution < 1.29 is 17.9 Å². The summed E-state index contributed by atoms with van der Waals surface area (Å²) >= 11 is 0. The summed E-state index contributed by atoms with van der Waals surface area (Å²) in [4.78, 5) is 22.5. The van der Waals surface area contributed by atoms with Gasteiger partial charge < -0.3 is 14.5 Å². The predicted molar refractivity (Wildman–Crippen MR) is 173 cm³/mol. The van der Waals surface area contributed by atoms with Crippen LogP contribution in [0.15, 0.2) is 71.9 Å². The van der Waals surface area contributed by atoms with Crippen LogP contribution in [0.1, 0.15) is 69.8 Å². The van der Waals surface area contributed by atoms with E-state index in [-0.39, 0.29) is 11.9 Å². The van der Waals surface area contributed by atoms with Gasteiger partial charge in [-0.25, -0.2) is 8.42 Å². The van der Waals surface area contributed by atoms with E-state index in [9.17, 15) is 13.2 Å². The first-order valence-electron chi connectivity index (χ1n) is 16.5. The van der Waals surface area contributed by atoms with Crippen LogP contribution in [0.2, 0.25) is 0 Å². The molecule has 0 aliphatic carbocycles. The molecule has 1 amide bonds. The van der Waals surface area contributed by atoms with Gasteiger partial charge in [0.15, 0.2) is 0 Å². The lowest BCUT2D eigenvalue weighted by Crippen LogP contribution is -2.47. The maximum absolute atomic E-state index is 13.7. The molecule has 1 atom stereocenters. The summed E-state index contributed by atoms with van der Waals surface area (Å²) in [6.07, 6.45) is 12.3. The molecule has 1 aromatic heterocycles. The quantitative estimate of drug-likeness (QED) is 0.279. The largest absolute Gasteiger partial charge is 0.369 e. The van der Waals surface area contributed by atoms with Gasteiger partial charge in [0, 0.05) is 56.6 Å². The minimum atomic E-state index is -3.61. The molecule has 8 nitrogen and oxygen atoms in total. The molecule has 0 N–H and O–H groups in total. The van der Waals surface area contributed by atoms with E-state index in [1.165, 1.54) is 12.8 Å². The summed E-state index contributed by atoms with van der Waals surface area (Å²) in [5.74, 6) is 0.154. The third-order valence-corrected chi connectivity index (χ3v) is 11.9. The zero-order chi connectivity index (χ0) is 30.4. The van der Waals surface area contributed by atoms with Crippen LogP contribution in [0.4, 0.5) is 0 Å². The number of sulfonamides is 1. The Balaban J connectivity index is 1.03. The number of likely N-dealkylation sites (tertiary alicyclic amines) is 2. The Kier molecular flexibility index (Phi) is 9.95. The standard InChI is InChI=1S/C35H46N4O4S/c40-34(38-23-17-35(18-24-38,31-11-8-19-36-28-31)43-26-25-37-20-5-6-21-37)14-7-13-32-12-3-4-22-39(32)44(41,42)33-16-15-29-9-1-2-10-30(29)27-33/h1-2,8-11,15-16,19,27-28,32H,3-7,12-14,17-18,20-26H2. The van der Waals surface area contributed by atoms with Crippen LogP contribution in [0, 0.1) is 0 Å². The second kappa shape index (κ2) is 14.1. The van der Waals surface area contributed by atoms with Gasteiger partial charge in [-0.15, -0.1) is 0 Å². The summed E-state index contributed by atoms with van der Waals surface area (Å²) in [5.41, 5.74) is 0.684. The van der Waals surface area contributed by atoms with E-state index in [2.05, 4.69) is 16.0 Å². The topological polar surface area (TPSA) is 83.0 Å². The van der Waals surface area contributed by atoms with Crippen LogP contribution < -0.4 is 0 Å². The minimum absolute atomic E-state index is 0.0726. The summed E-state index contributed by atoms with van der Waals surface area (Å²) in [7, 11) is -3.61. The van der Waals surface area contributed by atoms with E-state index in [0.717, 1.165) is 68.1 Å². The first-order chi connectivity index (χ1) is 21.4. The van der Waals surface area contributed by atoms with Crippen LogP contribution in [0.3, 0.4) is 0 Å². The molecule has 1 unspecified atom stereocenters. The molecule has 0 saturated carbocycles. The zero-order valence-corrected chi connectivity index (χ0v) is 26.6. The number of fused-ring (bicyclic) bond motifs is 1. The fourth-order valence-corrected chi connectivity index (χ4v) is 9.09. The zero-order valence-electron chi connectivity index (χ0n) is 25.8. The molecule has 0 spiro atoms. The van der Waals surface area contributed by atoms with Crippen LogP contribution in [-0.4, -0.2) is 85.3 Å². The van der Waals surface area contributed by atoms with E-state index < -0.39 is 15.6 Å². The number of hydrogen-bond donors (Lipinski definition) is 0. The Bertz CT molecular complexity index is 1500. The van der Waals surface area contributed by atoms with Crippen LogP contribution in [0.25, 0.3) is 10.8 Å². The first-order valence-corrected chi connectivity index (χ1v) is 17.9. The lowest BCUT2D eigenvalue weighted by Gasteiger charge is -2.42. The van der Waals surface area contributed by atoms with Crippen molar-refractivity contribution in [1.29, 1.82) is 0 Å². The molecule has 3 aliphatic rings. The number of piperidine rings is 2. The second-order valence-corrected chi connectivity index (χ2v) is 14.6. The molecule has 44 heavy (non-hydrogen) atoms. The number of carbonyl (C=O) groups excluding carboxylic acids is 1. The number of benzene rings is 2. The Morgan fingerprint density at radius 2 is 1.68 bits per heavy atom. The van der Waals surface area contributed by atoms with Crippen molar-refractivity contribution in [2.24, 2.45) is 0 Å². The van der Waals surface area contributed by atoms with Gasteiger partial charge in [0.2, 0.25) is 15.9 Å². The van der Waals surface area contributed by atoms with E-state index >= 15 is 0 Å².